The summed E-state index contributed by atoms with van der Waals surface area (Å²) in [6, 6.07) is 0. The Kier molecular flexibility index (Phi) is 1.89. The minimum atomic E-state index is -0.612. The van der Waals surface area contributed by atoms with Gasteiger partial charge in [0.05, 0.1) is 11.8 Å². The summed E-state index contributed by atoms with van der Waals surface area (Å²) in [5.41, 5.74) is 8.84. The molecule has 56 valence electrons. The smallest absolute Gasteiger partial charge is 0.252 e. The minimum absolute atomic E-state index is 0.308. The van der Waals surface area contributed by atoms with Crippen molar-refractivity contribution in [1.29, 1.82) is 0 Å². The Hall–Kier alpha value is -1.81. The van der Waals surface area contributed by atoms with Crippen molar-refractivity contribution in [1.82, 2.24) is 10.2 Å². The topological polar surface area (TPSA) is 94.5 Å². The van der Waals surface area contributed by atoms with E-state index in [0.29, 0.717) is 11.3 Å². The van der Waals surface area contributed by atoms with Crippen molar-refractivity contribution in [3.63, 3.8) is 0 Å². The molecule has 0 saturated heterocycles. The van der Waals surface area contributed by atoms with E-state index in [-0.39, 0.29) is 0 Å². The second-order valence-corrected chi connectivity index (χ2v) is 1.90. The van der Waals surface area contributed by atoms with Crippen LogP contribution in [0.3, 0.4) is 0 Å². The van der Waals surface area contributed by atoms with Crippen LogP contribution >= 0.6 is 0 Å². The highest BCUT2D eigenvalue weighted by atomic mass is 16.1. The summed E-state index contributed by atoms with van der Waals surface area (Å²) >= 11 is 0. The van der Waals surface area contributed by atoms with Gasteiger partial charge in [-0.25, -0.2) is 0 Å². The molecule has 1 aromatic heterocycles. The number of aromatic amines is 1. The van der Waals surface area contributed by atoms with Gasteiger partial charge in [0, 0.05) is 10.6 Å². The maximum absolute atomic E-state index is 10.8. The first kappa shape index (κ1) is 7.30. The number of H-pyrrole nitrogens is 1. The van der Waals surface area contributed by atoms with Crippen LogP contribution in [0.25, 0.3) is 10.4 Å². The zero-order valence-electron chi connectivity index (χ0n) is 5.77. The lowest BCUT2D eigenvalue weighted by molar-refractivity contribution is 0.1000. The van der Waals surface area contributed by atoms with Crippen LogP contribution in [0.5, 0.6) is 0 Å². The SMILES string of the molecule is Cc1[nH]ncc1C(=O)N=[N+]=[N-]. The second-order valence-electron chi connectivity index (χ2n) is 1.90. The Morgan fingerprint density at radius 3 is 3.09 bits per heavy atom. The van der Waals surface area contributed by atoms with Crippen LogP contribution < -0.4 is 0 Å². The lowest BCUT2D eigenvalue weighted by atomic mass is 10.2. The number of nitrogens with zero attached hydrogens (tertiary/aromatic N) is 4. The van der Waals surface area contributed by atoms with Gasteiger partial charge in [-0.15, -0.1) is 0 Å². The fraction of sp³-hybridized carbons (Fsp3) is 0.200. The number of rotatable bonds is 1. The number of azide groups is 1. The monoisotopic (exact) mass is 151 g/mol. The second kappa shape index (κ2) is 2.85. The van der Waals surface area contributed by atoms with Crippen LogP contribution in [-0.4, -0.2) is 16.1 Å². The number of amides is 1. The molecule has 0 saturated carbocycles. The molecule has 6 nitrogen and oxygen atoms in total. The first-order valence-electron chi connectivity index (χ1n) is 2.85. The van der Waals surface area contributed by atoms with Gasteiger partial charge in [0.25, 0.3) is 5.91 Å². The summed E-state index contributed by atoms with van der Waals surface area (Å²) in [7, 11) is 0. The summed E-state index contributed by atoms with van der Waals surface area (Å²) in [5, 5.41) is 9.06. The predicted molar refractivity (Wildman–Crippen MR) is 36.8 cm³/mol. The molecule has 1 rings (SSSR count). The van der Waals surface area contributed by atoms with Crippen molar-refractivity contribution in [3.05, 3.63) is 27.9 Å². The Balaban J connectivity index is 3.02. The molecule has 0 aliphatic carbocycles. The molecule has 0 fully saturated rings. The summed E-state index contributed by atoms with van der Waals surface area (Å²) in [5.74, 6) is -0.612. The van der Waals surface area contributed by atoms with Gasteiger partial charge in [0.2, 0.25) is 0 Å². The first-order valence-corrected chi connectivity index (χ1v) is 2.85. The van der Waals surface area contributed by atoms with E-state index in [1.54, 1.807) is 6.92 Å². The van der Waals surface area contributed by atoms with Crippen LogP contribution in [0.1, 0.15) is 16.1 Å². The Morgan fingerprint density at radius 2 is 2.64 bits per heavy atom. The summed E-state index contributed by atoms with van der Waals surface area (Å²) in [6.45, 7) is 1.67. The van der Waals surface area contributed by atoms with E-state index < -0.39 is 5.91 Å². The molecule has 0 bridgehead atoms. The fourth-order valence-corrected chi connectivity index (χ4v) is 0.661. The molecule has 0 atom stereocenters. The molecule has 1 amide bonds. The molecule has 1 heterocycles. The number of hydrogen-bond acceptors (Lipinski definition) is 2. The summed E-state index contributed by atoms with van der Waals surface area (Å²) in [4.78, 5) is 13.2. The Bertz CT molecular complexity index is 321. The van der Waals surface area contributed by atoms with Gasteiger partial charge >= 0.3 is 0 Å². The van der Waals surface area contributed by atoms with Gasteiger partial charge in [0.1, 0.15) is 0 Å². The quantitative estimate of drug-likeness (QED) is 0.370. The molecule has 1 aromatic rings. The third kappa shape index (κ3) is 1.36. The van der Waals surface area contributed by atoms with Crippen LogP contribution in [0, 0.1) is 6.92 Å². The van der Waals surface area contributed by atoms with Gasteiger partial charge in [0.15, 0.2) is 0 Å². The number of carbonyl (C=O) groups is 1. The number of aryl methyl sites for hydroxylation is 1. The van der Waals surface area contributed by atoms with Crippen LogP contribution in [0.2, 0.25) is 0 Å². The molecule has 0 unspecified atom stereocenters. The maximum atomic E-state index is 10.8. The minimum Gasteiger partial charge on any atom is -0.287 e. The van der Waals surface area contributed by atoms with E-state index in [1.807, 2.05) is 0 Å². The lowest BCUT2D eigenvalue weighted by Gasteiger charge is -1.86. The van der Waals surface area contributed by atoms with Crippen LogP contribution in [0.15, 0.2) is 11.3 Å². The first-order chi connectivity index (χ1) is 5.25. The number of aromatic nitrogens is 2. The average Bonchev–Trinajstić information content (AvgIpc) is 2.36. The van der Waals surface area contributed by atoms with Gasteiger partial charge in [-0.1, -0.05) is 0 Å². The largest absolute Gasteiger partial charge is 0.287 e. The van der Waals surface area contributed by atoms with Crippen molar-refractivity contribution in [3.8, 4) is 0 Å². The number of nitrogens with one attached hydrogen (secondary N) is 1. The molecule has 11 heavy (non-hydrogen) atoms. The Labute approximate surface area is 61.9 Å². The third-order valence-corrected chi connectivity index (χ3v) is 1.20. The van der Waals surface area contributed by atoms with Gasteiger partial charge in [-0.3, -0.25) is 9.89 Å². The van der Waals surface area contributed by atoms with Crippen molar-refractivity contribution in [2.45, 2.75) is 6.92 Å². The molecule has 0 radical (unpaired) electrons. The predicted octanol–water partition coefficient (Wildman–Crippen LogP) is 1.17. The van der Waals surface area contributed by atoms with Gasteiger partial charge in [-0.2, -0.15) is 5.10 Å². The zero-order chi connectivity index (χ0) is 8.27. The number of carbonyl (C=O) groups excluding carboxylic acids is 1. The van der Waals surface area contributed by atoms with E-state index in [1.165, 1.54) is 6.20 Å². The normalized spacial score (nSPS) is 8.82. The van der Waals surface area contributed by atoms with Crippen molar-refractivity contribution < 1.29 is 4.79 Å². The highest BCUT2D eigenvalue weighted by Gasteiger charge is 2.07. The van der Waals surface area contributed by atoms with Crippen LogP contribution in [-0.2, 0) is 0 Å². The van der Waals surface area contributed by atoms with Crippen molar-refractivity contribution >= 4 is 5.91 Å². The van der Waals surface area contributed by atoms with E-state index in [4.69, 9.17) is 5.53 Å². The molecule has 0 aliphatic rings. The van der Waals surface area contributed by atoms with Gasteiger partial charge in [-0.05, 0) is 17.6 Å². The van der Waals surface area contributed by atoms with Crippen molar-refractivity contribution in [2.24, 2.45) is 5.11 Å². The highest BCUT2D eigenvalue weighted by Crippen LogP contribution is 2.03. The molecular formula is C5H5N5O. The van der Waals surface area contributed by atoms with E-state index >= 15 is 0 Å². The molecule has 0 aromatic carbocycles. The lowest BCUT2D eigenvalue weighted by Crippen LogP contribution is -1.92. The van der Waals surface area contributed by atoms with Gasteiger partial charge < -0.3 is 0 Å². The number of hydrogen-bond donors (Lipinski definition) is 1. The highest BCUT2D eigenvalue weighted by molar-refractivity contribution is 5.95. The van der Waals surface area contributed by atoms with Crippen LogP contribution in [0.4, 0.5) is 0 Å². The standard InChI is InChI=1S/C5H5N5O/c1-3-4(2-7-8-3)5(11)9-10-6/h2H,1H3,(H,7,8). The molecule has 0 spiro atoms. The fourth-order valence-electron chi connectivity index (χ4n) is 0.661. The van der Waals surface area contributed by atoms with E-state index in [9.17, 15) is 4.79 Å². The molecular weight excluding hydrogens is 146 g/mol. The zero-order valence-corrected chi connectivity index (χ0v) is 5.77. The average molecular weight is 151 g/mol. The third-order valence-electron chi connectivity index (χ3n) is 1.20. The summed E-state index contributed by atoms with van der Waals surface area (Å²) in [6.07, 6.45) is 1.33. The molecule has 6 heteroatoms. The summed E-state index contributed by atoms with van der Waals surface area (Å²) < 4.78 is 0. The van der Waals surface area contributed by atoms with E-state index in [0.717, 1.165) is 0 Å². The van der Waals surface area contributed by atoms with E-state index in [2.05, 4.69) is 20.2 Å². The molecule has 1 N–H and O–H groups in total. The maximum Gasteiger partial charge on any atom is 0.252 e. The Morgan fingerprint density at radius 1 is 1.91 bits per heavy atom. The molecule has 0 aliphatic heterocycles. The van der Waals surface area contributed by atoms with Crippen molar-refractivity contribution in [2.75, 3.05) is 0 Å².